The van der Waals surface area contributed by atoms with Gasteiger partial charge in [0.25, 0.3) is 0 Å². The number of phenols is 1. The van der Waals surface area contributed by atoms with Gasteiger partial charge in [-0.05, 0) is 0 Å². The first-order chi connectivity index (χ1) is 6.00. The van der Waals surface area contributed by atoms with Crippen LogP contribution in [0.1, 0.15) is 6.92 Å². The van der Waals surface area contributed by atoms with Gasteiger partial charge in [-0.25, -0.2) is 8.78 Å². The van der Waals surface area contributed by atoms with Crippen molar-refractivity contribution in [2.75, 3.05) is 0 Å². The van der Waals surface area contributed by atoms with Crippen LogP contribution in [0.5, 0.6) is 11.5 Å². The van der Waals surface area contributed by atoms with E-state index in [4.69, 9.17) is 5.11 Å². The third-order valence-corrected chi connectivity index (χ3v) is 1.25. The number of ether oxygens (including phenoxy) is 1. The van der Waals surface area contributed by atoms with E-state index < -0.39 is 23.4 Å². The molecule has 1 rings (SSSR count). The Hall–Kier alpha value is -1.65. The van der Waals surface area contributed by atoms with Crippen molar-refractivity contribution in [3.05, 3.63) is 23.8 Å². The van der Waals surface area contributed by atoms with Gasteiger partial charge in [0.15, 0.2) is 17.4 Å². The minimum atomic E-state index is -1.17. The summed E-state index contributed by atoms with van der Waals surface area (Å²) in [5.74, 6) is -4.40. The second-order valence-corrected chi connectivity index (χ2v) is 2.33. The number of benzene rings is 1. The second kappa shape index (κ2) is 3.38. The van der Waals surface area contributed by atoms with Gasteiger partial charge in [-0.3, -0.25) is 4.79 Å². The third kappa shape index (κ3) is 2.14. The van der Waals surface area contributed by atoms with Gasteiger partial charge in [-0.1, -0.05) is 0 Å². The zero-order chi connectivity index (χ0) is 10.0. The molecule has 0 aliphatic rings. The summed E-state index contributed by atoms with van der Waals surface area (Å²) in [6.45, 7) is 1.10. The predicted octanol–water partition coefficient (Wildman–Crippen LogP) is 1.60. The van der Waals surface area contributed by atoms with Crippen LogP contribution in [-0.4, -0.2) is 11.1 Å². The Balaban J connectivity index is 3.06. The maximum Gasteiger partial charge on any atom is 0.308 e. The van der Waals surface area contributed by atoms with Crippen LogP contribution in [-0.2, 0) is 4.79 Å². The van der Waals surface area contributed by atoms with Gasteiger partial charge in [0.05, 0.1) is 0 Å². The highest BCUT2D eigenvalue weighted by Crippen LogP contribution is 2.25. The Morgan fingerprint density at radius 3 is 2.23 bits per heavy atom. The Morgan fingerprint density at radius 2 is 1.85 bits per heavy atom. The number of carbonyl (C=O) groups excluding carboxylic acids is 1. The molecule has 0 fully saturated rings. The molecule has 0 aliphatic heterocycles. The van der Waals surface area contributed by atoms with Crippen molar-refractivity contribution in [2.24, 2.45) is 0 Å². The highest BCUT2D eigenvalue weighted by Gasteiger charge is 2.10. The van der Waals surface area contributed by atoms with Gasteiger partial charge in [0.1, 0.15) is 5.75 Å². The topological polar surface area (TPSA) is 46.5 Å². The van der Waals surface area contributed by atoms with Crippen LogP contribution in [0.3, 0.4) is 0 Å². The molecule has 13 heavy (non-hydrogen) atoms. The van der Waals surface area contributed by atoms with E-state index in [0.717, 1.165) is 19.1 Å². The summed E-state index contributed by atoms with van der Waals surface area (Å²) in [7, 11) is 0. The fourth-order valence-corrected chi connectivity index (χ4v) is 0.767. The van der Waals surface area contributed by atoms with Gasteiger partial charge in [-0.2, -0.15) is 0 Å². The molecule has 0 aliphatic carbocycles. The summed E-state index contributed by atoms with van der Waals surface area (Å²) < 4.78 is 29.6. The lowest BCUT2D eigenvalue weighted by atomic mass is 10.3. The Kier molecular flexibility index (Phi) is 2.46. The van der Waals surface area contributed by atoms with Crippen molar-refractivity contribution < 1.29 is 23.4 Å². The fraction of sp³-hybridized carbons (Fsp3) is 0.125. The number of esters is 1. The minimum absolute atomic E-state index is 0.277. The first kappa shape index (κ1) is 9.44. The molecule has 0 saturated carbocycles. The van der Waals surface area contributed by atoms with Crippen LogP contribution >= 0.6 is 0 Å². The summed E-state index contributed by atoms with van der Waals surface area (Å²) >= 11 is 0. The molecule has 0 radical (unpaired) electrons. The molecule has 0 amide bonds. The van der Waals surface area contributed by atoms with Gasteiger partial charge >= 0.3 is 5.97 Å². The van der Waals surface area contributed by atoms with Crippen LogP contribution in [0.4, 0.5) is 8.78 Å². The SMILES string of the molecule is CC(=O)Oc1cc(F)c(O)c(F)c1. The predicted molar refractivity (Wildman–Crippen MR) is 39.3 cm³/mol. The van der Waals surface area contributed by atoms with Crippen molar-refractivity contribution in [2.45, 2.75) is 6.92 Å². The normalized spacial score (nSPS) is 9.77. The van der Waals surface area contributed by atoms with E-state index in [2.05, 4.69) is 4.74 Å². The zero-order valence-electron chi connectivity index (χ0n) is 6.67. The summed E-state index contributed by atoms with van der Waals surface area (Å²) in [6, 6.07) is 1.44. The largest absolute Gasteiger partial charge is 0.503 e. The average molecular weight is 188 g/mol. The van der Waals surface area contributed by atoms with E-state index in [-0.39, 0.29) is 5.75 Å². The van der Waals surface area contributed by atoms with Crippen molar-refractivity contribution in [3.63, 3.8) is 0 Å². The van der Waals surface area contributed by atoms with Crippen LogP contribution in [0.2, 0.25) is 0 Å². The van der Waals surface area contributed by atoms with E-state index in [1.807, 2.05) is 0 Å². The molecule has 1 aromatic rings. The number of halogens is 2. The van der Waals surface area contributed by atoms with Gasteiger partial charge in [0, 0.05) is 19.1 Å². The van der Waals surface area contributed by atoms with Gasteiger partial charge in [0.2, 0.25) is 0 Å². The summed E-state index contributed by atoms with van der Waals surface area (Å²) in [4.78, 5) is 10.4. The average Bonchev–Trinajstić information content (AvgIpc) is 1.98. The minimum Gasteiger partial charge on any atom is -0.503 e. The molecule has 0 aromatic heterocycles. The van der Waals surface area contributed by atoms with Crippen molar-refractivity contribution in [1.29, 1.82) is 0 Å². The monoisotopic (exact) mass is 188 g/mol. The molecule has 1 N–H and O–H groups in total. The molecule has 0 atom stereocenters. The Labute approximate surface area is 72.6 Å². The summed E-state index contributed by atoms with van der Waals surface area (Å²) in [5, 5.41) is 8.67. The van der Waals surface area contributed by atoms with Crippen LogP contribution in [0.25, 0.3) is 0 Å². The molecule has 0 heterocycles. The standard InChI is InChI=1S/C8H6F2O3/c1-4(11)13-5-2-6(9)8(12)7(10)3-5/h2-3,12H,1H3. The molecule has 70 valence electrons. The summed E-state index contributed by atoms with van der Waals surface area (Å²) in [6.07, 6.45) is 0. The van der Waals surface area contributed by atoms with E-state index in [0.29, 0.717) is 0 Å². The molecule has 0 unspecified atom stereocenters. The van der Waals surface area contributed by atoms with Crippen LogP contribution in [0.15, 0.2) is 12.1 Å². The number of hydrogen-bond donors (Lipinski definition) is 1. The smallest absolute Gasteiger partial charge is 0.308 e. The summed E-state index contributed by atoms with van der Waals surface area (Å²) in [5.41, 5.74) is 0. The van der Waals surface area contributed by atoms with Crippen LogP contribution in [0, 0.1) is 11.6 Å². The van der Waals surface area contributed by atoms with E-state index in [9.17, 15) is 13.6 Å². The lowest BCUT2D eigenvalue weighted by molar-refractivity contribution is -0.131. The van der Waals surface area contributed by atoms with Gasteiger partial charge < -0.3 is 9.84 Å². The van der Waals surface area contributed by atoms with Gasteiger partial charge in [-0.15, -0.1) is 0 Å². The zero-order valence-corrected chi connectivity index (χ0v) is 6.67. The van der Waals surface area contributed by atoms with Crippen LogP contribution < -0.4 is 4.74 Å². The molecule has 1 aromatic carbocycles. The molecule has 3 nitrogen and oxygen atoms in total. The molecule has 5 heteroatoms. The number of aromatic hydroxyl groups is 1. The maximum atomic E-state index is 12.6. The Bertz CT molecular complexity index is 326. The van der Waals surface area contributed by atoms with E-state index in [1.54, 1.807) is 0 Å². The third-order valence-electron chi connectivity index (χ3n) is 1.25. The second-order valence-electron chi connectivity index (χ2n) is 2.33. The van der Waals surface area contributed by atoms with Crippen molar-refractivity contribution in [1.82, 2.24) is 0 Å². The highest BCUT2D eigenvalue weighted by atomic mass is 19.1. The maximum absolute atomic E-state index is 12.6. The van der Waals surface area contributed by atoms with E-state index >= 15 is 0 Å². The molecule has 0 saturated heterocycles. The number of phenolic OH excluding ortho intramolecular Hbond substituents is 1. The Morgan fingerprint density at radius 1 is 1.38 bits per heavy atom. The van der Waals surface area contributed by atoms with E-state index in [1.165, 1.54) is 0 Å². The first-order valence-electron chi connectivity index (χ1n) is 3.37. The van der Waals surface area contributed by atoms with Crippen molar-refractivity contribution in [3.8, 4) is 11.5 Å². The molecular weight excluding hydrogens is 182 g/mol. The highest BCUT2D eigenvalue weighted by molar-refractivity contribution is 5.69. The quantitative estimate of drug-likeness (QED) is 0.537. The van der Waals surface area contributed by atoms with Crippen molar-refractivity contribution >= 4 is 5.97 Å². The lowest BCUT2D eigenvalue weighted by Gasteiger charge is -2.02. The fourth-order valence-electron chi connectivity index (χ4n) is 0.767. The number of hydrogen-bond acceptors (Lipinski definition) is 3. The number of carbonyl (C=O) groups is 1. The first-order valence-corrected chi connectivity index (χ1v) is 3.37. The number of rotatable bonds is 1. The molecule has 0 spiro atoms. The molecular formula is C8H6F2O3. The lowest BCUT2D eigenvalue weighted by Crippen LogP contribution is -2.02. The molecule has 0 bridgehead atoms.